The molecule has 1 heterocycles. The molecule has 1 aromatic carbocycles. The maximum Gasteiger partial charge on any atom is 0.224 e. The molecule has 2 rings (SSSR count). The maximum atomic E-state index is 12.6. The topological polar surface area (TPSA) is 41.6 Å². The minimum absolute atomic E-state index is 0.198. The SMILES string of the molecule is CCNC(CSc1ccccc1)CC(=O)N1CCOC(CC)C1. The number of thioether (sulfide) groups is 1. The van der Waals surface area contributed by atoms with Gasteiger partial charge in [-0.1, -0.05) is 32.0 Å². The van der Waals surface area contributed by atoms with Crippen LogP contribution in [0.5, 0.6) is 0 Å². The lowest BCUT2D eigenvalue weighted by Crippen LogP contribution is -2.47. The van der Waals surface area contributed by atoms with Gasteiger partial charge in [-0.15, -0.1) is 11.8 Å². The Kier molecular flexibility index (Phi) is 7.92. The van der Waals surface area contributed by atoms with Gasteiger partial charge in [0, 0.05) is 36.2 Å². The van der Waals surface area contributed by atoms with Crippen LogP contribution in [0.25, 0.3) is 0 Å². The lowest BCUT2D eigenvalue weighted by Gasteiger charge is -2.33. The van der Waals surface area contributed by atoms with E-state index >= 15 is 0 Å². The minimum atomic E-state index is 0.198. The van der Waals surface area contributed by atoms with Gasteiger partial charge in [-0.05, 0) is 25.1 Å². The third-order valence-electron chi connectivity index (χ3n) is 4.06. The molecule has 0 saturated carbocycles. The highest BCUT2D eigenvalue weighted by atomic mass is 32.2. The molecule has 5 heteroatoms. The van der Waals surface area contributed by atoms with Crippen molar-refractivity contribution in [3.63, 3.8) is 0 Å². The molecule has 0 spiro atoms. The standard InChI is InChI=1S/C18H28N2O2S/c1-3-16-13-20(10-11-22-16)18(21)12-15(19-4-2)14-23-17-8-6-5-7-9-17/h5-9,15-16,19H,3-4,10-14H2,1-2H3. The fraction of sp³-hybridized carbons (Fsp3) is 0.611. The van der Waals surface area contributed by atoms with Crippen LogP contribution < -0.4 is 5.32 Å². The van der Waals surface area contributed by atoms with E-state index in [2.05, 4.69) is 31.3 Å². The van der Waals surface area contributed by atoms with Crippen LogP contribution >= 0.6 is 11.8 Å². The monoisotopic (exact) mass is 336 g/mol. The van der Waals surface area contributed by atoms with Crippen LogP contribution in [0.1, 0.15) is 26.7 Å². The van der Waals surface area contributed by atoms with E-state index in [4.69, 9.17) is 4.74 Å². The molecule has 23 heavy (non-hydrogen) atoms. The number of carbonyl (C=O) groups excluding carboxylic acids is 1. The molecular formula is C18H28N2O2S. The van der Waals surface area contributed by atoms with Crippen LogP contribution in [0.2, 0.25) is 0 Å². The smallest absolute Gasteiger partial charge is 0.224 e. The Morgan fingerprint density at radius 1 is 1.39 bits per heavy atom. The summed E-state index contributed by atoms with van der Waals surface area (Å²) in [5, 5.41) is 3.45. The minimum Gasteiger partial charge on any atom is -0.375 e. The van der Waals surface area contributed by atoms with Gasteiger partial charge in [0.15, 0.2) is 0 Å². The van der Waals surface area contributed by atoms with Crippen molar-refractivity contribution in [3.05, 3.63) is 30.3 Å². The Bertz CT molecular complexity index is 469. The number of carbonyl (C=O) groups is 1. The van der Waals surface area contributed by atoms with Gasteiger partial charge in [0.1, 0.15) is 0 Å². The van der Waals surface area contributed by atoms with Crippen LogP contribution in [0, 0.1) is 0 Å². The number of ether oxygens (including phenoxy) is 1. The van der Waals surface area contributed by atoms with Gasteiger partial charge in [0.2, 0.25) is 5.91 Å². The molecule has 128 valence electrons. The van der Waals surface area contributed by atoms with Crippen molar-refractivity contribution >= 4 is 17.7 Å². The highest BCUT2D eigenvalue weighted by Crippen LogP contribution is 2.19. The number of hydrogen-bond acceptors (Lipinski definition) is 4. The van der Waals surface area contributed by atoms with E-state index < -0.39 is 0 Å². The molecule has 1 aliphatic heterocycles. The molecule has 1 fully saturated rings. The molecular weight excluding hydrogens is 308 g/mol. The summed E-state index contributed by atoms with van der Waals surface area (Å²) in [6.07, 6.45) is 1.72. The van der Waals surface area contributed by atoms with E-state index in [0.717, 1.165) is 31.8 Å². The normalized spacial score (nSPS) is 19.6. The van der Waals surface area contributed by atoms with Gasteiger partial charge < -0.3 is 15.0 Å². The molecule has 1 N–H and O–H groups in total. The molecule has 0 aliphatic carbocycles. The van der Waals surface area contributed by atoms with Crippen molar-refractivity contribution in [1.82, 2.24) is 10.2 Å². The third kappa shape index (κ3) is 6.16. The second-order valence-corrected chi connectivity index (χ2v) is 6.92. The van der Waals surface area contributed by atoms with E-state index in [1.807, 2.05) is 23.1 Å². The van der Waals surface area contributed by atoms with Gasteiger partial charge in [-0.25, -0.2) is 0 Å². The van der Waals surface area contributed by atoms with Crippen LogP contribution in [0.3, 0.4) is 0 Å². The number of nitrogens with zero attached hydrogens (tertiary/aromatic N) is 1. The number of hydrogen-bond donors (Lipinski definition) is 1. The highest BCUT2D eigenvalue weighted by Gasteiger charge is 2.24. The van der Waals surface area contributed by atoms with Crippen molar-refractivity contribution in [2.45, 2.75) is 43.7 Å². The quantitative estimate of drug-likeness (QED) is 0.741. The van der Waals surface area contributed by atoms with Crippen molar-refractivity contribution in [3.8, 4) is 0 Å². The number of nitrogens with one attached hydrogen (secondary N) is 1. The van der Waals surface area contributed by atoms with E-state index in [1.165, 1.54) is 4.90 Å². The van der Waals surface area contributed by atoms with Crippen LogP contribution in [0.4, 0.5) is 0 Å². The van der Waals surface area contributed by atoms with Gasteiger partial charge >= 0.3 is 0 Å². The molecule has 1 aliphatic rings. The van der Waals surface area contributed by atoms with Crippen molar-refractivity contribution in [2.75, 3.05) is 32.0 Å². The fourth-order valence-electron chi connectivity index (χ4n) is 2.72. The summed E-state index contributed by atoms with van der Waals surface area (Å²) in [6.45, 7) is 7.20. The lowest BCUT2D eigenvalue weighted by atomic mass is 10.1. The second kappa shape index (κ2) is 9.96. The predicted octanol–water partition coefficient (Wildman–Crippen LogP) is 2.78. The highest BCUT2D eigenvalue weighted by molar-refractivity contribution is 7.99. The lowest BCUT2D eigenvalue weighted by molar-refractivity contribution is -0.139. The first-order chi connectivity index (χ1) is 11.2. The molecule has 0 bridgehead atoms. The van der Waals surface area contributed by atoms with E-state index in [9.17, 15) is 4.79 Å². The first-order valence-corrected chi connectivity index (χ1v) is 9.52. The number of amides is 1. The van der Waals surface area contributed by atoms with Crippen LogP contribution in [-0.2, 0) is 9.53 Å². The summed E-state index contributed by atoms with van der Waals surface area (Å²) in [7, 11) is 0. The average Bonchev–Trinajstić information content (AvgIpc) is 2.60. The summed E-state index contributed by atoms with van der Waals surface area (Å²) in [6, 6.07) is 10.6. The molecule has 2 unspecified atom stereocenters. The Balaban J connectivity index is 1.84. The first-order valence-electron chi connectivity index (χ1n) is 8.53. The summed E-state index contributed by atoms with van der Waals surface area (Å²) < 4.78 is 5.65. The van der Waals surface area contributed by atoms with E-state index in [0.29, 0.717) is 13.0 Å². The molecule has 0 aromatic heterocycles. The zero-order chi connectivity index (χ0) is 16.5. The molecule has 1 saturated heterocycles. The Morgan fingerprint density at radius 3 is 2.87 bits per heavy atom. The molecule has 1 aromatic rings. The Morgan fingerprint density at radius 2 is 2.17 bits per heavy atom. The van der Waals surface area contributed by atoms with E-state index in [-0.39, 0.29) is 18.1 Å². The zero-order valence-electron chi connectivity index (χ0n) is 14.2. The fourth-order valence-corrected chi connectivity index (χ4v) is 3.70. The van der Waals surface area contributed by atoms with Gasteiger partial charge in [0.25, 0.3) is 0 Å². The van der Waals surface area contributed by atoms with Gasteiger partial charge in [-0.2, -0.15) is 0 Å². The summed E-state index contributed by atoms with van der Waals surface area (Å²) in [5.74, 6) is 1.15. The molecule has 0 radical (unpaired) electrons. The van der Waals surface area contributed by atoms with Gasteiger partial charge in [-0.3, -0.25) is 4.79 Å². The van der Waals surface area contributed by atoms with E-state index in [1.54, 1.807) is 11.8 Å². The van der Waals surface area contributed by atoms with Crippen LogP contribution in [-0.4, -0.2) is 54.9 Å². The molecule has 2 atom stereocenters. The first kappa shape index (κ1) is 18.3. The maximum absolute atomic E-state index is 12.6. The van der Waals surface area contributed by atoms with Crippen molar-refractivity contribution in [2.24, 2.45) is 0 Å². The Labute approximate surface area is 144 Å². The second-order valence-electron chi connectivity index (χ2n) is 5.82. The summed E-state index contributed by atoms with van der Waals surface area (Å²) in [5.41, 5.74) is 0. The number of morpholine rings is 1. The van der Waals surface area contributed by atoms with Crippen LogP contribution in [0.15, 0.2) is 35.2 Å². The molecule has 4 nitrogen and oxygen atoms in total. The average molecular weight is 337 g/mol. The molecule has 1 amide bonds. The summed E-state index contributed by atoms with van der Waals surface area (Å²) >= 11 is 1.80. The summed E-state index contributed by atoms with van der Waals surface area (Å²) in [4.78, 5) is 15.8. The Hall–Kier alpha value is -1.04. The number of rotatable bonds is 8. The van der Waals surface area contributed by atoms with Crippen molar-refractivity contribution < 1.29 is 9.53 Å². The zero-order valence-corrected chi connectivity index (χ0v) is 15.0. The largest absolute Gasteiger partial charge is 0.375 e. The van der Waals surface area contributed by atoms with Gasteiger partial charge in [0.05, 0.1) is 12.7 Å². The van der Waals surface area contributed by atoms with Crippen molar-refractivity contribution in [1.29, 1.82) is 0 Å². The third-order valence-corrected chi connectivity index (χ3v) is 5.23. The predicted molar refractivity (Wildman–Crippen MR) is 95.9 cm³/mol. The number of benzene rings is 1.